The summed E-state index contributed by atoms with van der Waals surface area (Å²) < 4.78 is 1.74. The summed E-state index contributed by atoms with van der Waals surface area (Å²) in [6, 6.07) is 3.68. The van der Waals surface area contributed by atoms with Crippen LogP contribution in [-0.2, 0) is 7.05 Å². The van der Waals surface area contributed by atoms with Crippen LogP contribution in [0, 0.1) is 0 Å². The summed E-state index contributed by atoms with van der Waals surface area (Å²) in [5.74, 6) is 0. The van der Waals surface area contributed by atoms with Gasteiger partial charge in [0.25, 0.3) is 0 Å². The number of anilines is 1. The molecule has 0 aliphatic rings. The normalized spacial score (nSPS) is 10.2. The Morgan fingerprint density at radius 1 is 1.38 bits per heavy atom. The van der Waals surface area contributed by atoms with E-state index in [-0.39, 0.29) is 0 Å². The second-order valence-corrected chi connectivity index (χ2v) is 2.84. The van der Waals surface area contributed by atoms with E-state index in [0.29, 0.717) is 5.69 Å². The molecule has 66 valence electrons. The van der Waals surface area contributed by atoms with E-state index in [0.717, 1.165) is 11.3 Å². The summed E-state index contributed by atoms with van der Waals surface area (Å²) in [4.78, 5) is 4.00. The summed E-state index contributed by atoms with van der Waals surface area (Å²) in [5.41, 5.74) is 8.21. The summed E-state index contributed by atoms with van der Waals surface area (Å²) in [7, 11) is 1.87. The van der Waals surface area contributed by atoms with Crippen LogP contribution in [0.25, 0.3) is 11.3 Å². The quantitative estimate of drug-likeness (QED) is 0.703. The minimum Gasteiger partial charge on any atom is -0.398 e. The summed E-state index contributed by atoms with van der Waals surface area (Å²) in [5, 5.41) is 4.24. The molecular formula is C9H10N4. The Morgan fingerprint density at radius 3 is 2.85 bits per heavy atom. The highest BCUT2D eigenvalue weighted by molar-refractivity contribution is 5.72. The van der Waals surface area contributed by atoms with Gasteiger partial charge in [-0.05, 0) is 12.1 Å². The molecule has 4 heteroatoms. The zero-order valence-electron chi connectivity index (χ0n) is 7.31. The standard InChI is InChI=1S/C9H10N4/c1-13-5-3-9(12-13)7-6-11-4-2-8(7)10/h2-6H,1H3,(H2,10,11). The maximum Gasteiger partial charge on any atom is 0.0959 e. The minimum absolute atomic E-state index is 0.703. The van der Waals surface area contributed by atoms with Gasteiger partial charge in [-0.15, -0.1) is 0 Å². The molecule has 0 aliphatic carbocycles. The first-order valence-corrected chi connectivity index (χ1v) is 3.97. The molecule has 0 aromatic carbocycles. The van der Waals surface area contributed by atoms with Gasteiger partial charge < -0.3 is 5.73 Å². The van der Waals surface area contributed by atoms with Crippen molar-refractivity contribution in [2.24, 2.45) is 7.05 Å². The van der Waals surface area contributed by atoms with Gasteiger partial charge in [0, 0.05) is 36.9 Å². The Balaban J connectivity index is 2.52. The average Bonchev–Trinajstić information content (AvgIpc) is 2.53. The molecule has 4 nitrogen and oxygen atoms in total. The van der Waals surface area contributed by atoms with Gasteiger partial charge in [-0.2, -0.15) is 5.10 Å². The molecule has 0 unspecified atom stereocenters. The third-order valence-corrected chi connectivity index (χ3v) is 1.84. The topological polar surface area (TPSA) is 56.7 Å². The Labute approximate surface area is 76.0 Å². The SMILES string of the molecule is Cn1ccc(-c2cnccc2N)n1. The van der Waals surface area contributed by atoms with E-state index < -0.39 is 0 Å². The van der Waals surface area contributed by atoms with E-state index in [4.69, 9.17) is 5.73 Å². The number of hydrogen-bond acceptors (Lipinski definition) is 3. The Hall–Kier alpha value is -1.84. The Bertz CT molecular complexity index is 419. The molecule has 0 bridgehead atoms. The first kappa shape index (κ1) is 7.79. The van der Waals surface area contributed by atoms with E-state index in [2.05, 4.69) is 10.1 Å². The van der Waals surface area contributed by atoms with Gasteiger partial charge in [-0.3, -0.25) is 9.67 Å². The smallest absolute Gasteiger partial charge is 0.0959 e. The second kappa shape index (κ2) is 2.90. The number of aryl methyl sites for hydroxylation is 1. The molecule has 0 spiro atoms. The third-order valence-electron chi connectivity index (χ3n) is 1.84. The highest BCUT2D eigenvalue weighted by Crippen LogP contribution is 2.21. The van der Waals surface area contributed by atoms with E-state index in [1.54, 1.807) is 23.1 Å². The van der Waals surface area contributed by atoms with Crippen molar-refractivity contribution in [1.82, 2.24) is 14.8 Å². The number of nitrogen functional groups attached to an aromatic ring is 1. The van der Waals surface area contributed by atoms with Crippen molar-refractivity contribution in [3.8, 4) is 11.3 Å². The monoisotopic (exact) mass is 174 g/mol. The summed E-state index contributed by atoms with van der Waals surface area (Å²) in [6.45, 7) is 0. The zero-order valence-corrected chi connectivity index (χ0v) is 7.31. The lowest BCUT2D eigenvalue weighted by atomic mass is 10.2. The molecule has 0 saturated heterocycles. The molecule has 2 heterocycles. The maximum absolute atomic E-state index is 5.77. The molecular weight excluding hydrogens is 164 g/mol. The van der Waals surface area contributed by atoms with Crippen LogP contribution in [0.2, 0.25) is 0 Å². The van der Waals surface area contributed by atoms with Crippen LogP contribution in [0.1, 0.15) is 0 Å². The minimum atomic E-state index is 0.703. The number of nitrogens with two attached hydrogens (primary N) is 1. The lowest BCUT2D eigenvalue weighted by Crippen LogP contribution is -1.92. The summed E-state index contributed by atoms with van der Waals surface area (Å²) in [6.07, 6.45) is 5.27. The van der Waals surface area contributed by atoms with Gasteiger partial charge in [0.2, 0.25) is 0 Å². The molecule has 0 atom stereocenters. The first-order valence-electron chi connectivity index (χ1n) is 3.97. The van der Waals surface area contributed by atoms with Crippen LogP contribution in [-0.4, -0.2) is 14.8 Å². The van der Waals surface area contributed by atoms with Crippen LogP contribution < -0.4 is 5.73 Å². The second-order valence-electron chi connectivity index (χ2n) is 2.84. The lowest BCUT2D eigenvalue weighted by Gasteiger charge is -1.99. The molecule has 0 aliphatic heterocycles. The van der Waals surface area contributed by atoms with E-state index in [1.165, 1.54) is 0 Å². The molecule has 2 rings (SSSR count). The summed E-state index contributed by atoms with van der Waals surface area (Å²) >= 11 is 0. The number of hydrogen-bond donors (Lipinski definition) is 1. The van der Waals surface area contributed by atoms with Gasteiger partial charge in [-0.1, -0.05) is 0 Å². The van der Waals surface area contributed by atoms with Crippen molar-refractivity contribution in [1.29, 1.82) is 0 Å². The van der Waals surface area contributed by atoms with Crippen LogP contribution in [0.5, 0.6) is 0 Å². The van der Waals surface area contributed by atoms with Gasteiger partial charge in [-0.25, -0.2) is 0 Å². The molecule has 0 radical (unpaired) electrons. The predicted molar refractivity (Wildman–Crippen MR) is 50.9 cm³/mol. The van der Waals surface area contributed by atoms with Gasteiger partial charge in [0.15, 0.2) is 0 Å². The highest BCUT2D eigenvalue weighted by atomic mass is 15.2. The Kier molecular flexibility index (Phi) is 1.73. The van der Waals surface area contributed by atoms with Gasteiger partial charge >= 0.3 is 0 Å². The van der Waals surface area contributed by atoms with Crippen LogP contribution in [0.3, 0.4) is 0 Å². The third kappa shape index (κ3) is 1.38. The van der Waals surface area contributed by atoms with E-state index >= 15 is 0 Å². The fraction of sp³-hybridized carbons (Fsp3) is 0.111. The largest absolute Gasteiger partial charge is 0.398 e. The molecule has 2 aromatic heterocycles. The van der Waals surface area contributed by atoms with Gasteiger partial charge in [0.1, 0.15) is 0 Å². The molecule has 0 amide bonds. The molecule has 2 aromatic rings. The molecule has 0 saturated carbocycles. The number of pyridine rings is 1. The van der Waals surface area contributed by atoms with Gasteiger partial charge in [0.05, 0.1) is 5.69 Å². The number of rotatable bonds is 1. The Morgan fingerprint density at radius 2 is 2.23 bits per heavy atom. The fourth-order valence-corrected chi connectivity index (χ4v) is 1.18. The van der Waals surface area contributed by atoms with Crippen molar-refractivity contribution in [2.45, 2.75) is 0 Å². The van der Waals surface area contributed by atoms with Crippen LogP contribution >= 0.6 is 0 Å². The van der Waals surface area contributed by atoms with Crippen LogP contribution in [0.4, 0.5) is 5.69 Å². The molecule has 2 N–H and O–H groups in total. The molecule has 13 heavy (non-hydrogen) atoms. The first-order chi connectivity index (χ1) is 6.27. The number of nitrogens with zero attached hydrogens (tertiary/aromatic N) is 3. The van der Waals surface area contributed by atoms with E-state index in [9.17, 15) is 0 Å². The number of aromatic nitrogens is 3. The van der Waals surface area contributed by atoms with Crippen molar-refractivity contribution in [3.05, 3.63) is 30.7 Å². The van der Waals surface area contributed by atoms with Crippen molar-refractivity contribution in [2.75, 3.05) is 5.73 Å². The van der Waals surface area contributed by atoms with Crippen LogP contribution in [0.15, 0.2) is 30.7 Å². The average molecular weight is 174 g/mol. The van der Waals surface area contributed by atoms with Crippen molar-refractivity contribution >= 4 is 5.69 Å². The van der Waals surface area contributed by atoms with Crippen molar-refractivity contribution < 1.29 is 0 Å². The zero-order chi connectivity index (χ0) is 9.26. The predicted octanol–water partition coefficient (Wildman–Crippen LogP) is 1.06. The maximum atomic E-state index is 5.77. The lowest BCUT2D eigenvalue weighted by molar-refractivity contribution is 0.771. The van der Waals surface area contributed by atoms with Crippen molar-refractivity contribution in [3.63, 3.8) is 0 Å². The van der Waals surface area contributed by atoms with E-state index in [1.807, 2.05) is 19.3 Å². The molecule has 0 fully saturated rings. The fourth-order valence-electron chi connectivity index (χ4n) is 1.18. The highest BCUT2D eigenvalue weighted by Gasteiger charge is 2.03.